The van der Waals surface area contributed by atoms with Gasteiger partial charge in [-0.05, 0) is 54.0 Å². The van der Waals surface area contributed by atoms with Crippen molar-refractivity contribution in [2.24, 2.45) is 0 Å². The molecule has 22 heavy (non-hydrogen) atoms. The van der Waals surface area contributed by atoms with E-state index in [1.54, 1.807) is 0 Å². The van der Waals surface area contributed by atoms with Gasteiger partial charge in [-0.2, -0.15) is 0 Å². The summed E-state index contributed by atoms with van der Waals surface area (Å²) in [6, 6.07) is 15.2. The van der Waals surface area contributed by atoms with Crippen LogP contribution in [0.25, 0.3) is 16.5 Å². The van der Waals surface area contributed by atoms with Crippen molar-refractivity contribution < 1.29 is 0 Å². The van der Waals surface area contributed by atoms with Crippen molar-refractivity contribution in [3.05, 3.63) is 60.4 Å². The molecule has 0 atom stereocenters. The highest BCUT2D eigenvalue weighted by Gasteiger charge is 2.15. The lowest BCUT2D eigenvalue weighted by atomic mass is 9.84. The average Bonchev–Trinajstić information content (AvgIpc) is 2.99. The summed E-state index contributed by atoms with van der Waals surface area (Å²) in [4.78, 5) is 0. The summed E-state index contributed by atoms with van der Waals surface area (Å²) in [6.07, 6.45) is 11.2. The molecule has 0 amide bonds. The van der Waals surface area contributed by atoms with Crippen molar-refractivity contribution >= 4 is 16.5 Å². The maximum Gasteiger partial charge on any atom is 0.0450 e. The van der Waals surface area contributed by atoms with Gasteiger partial charge >= 0.3 is 0 Å². The van der Waals surface area contributed by atoms with Gasteiger partial charge in [-0.1, -0.05) is 37.5 Å². The molecule has 4 rings (SSSR count). The van der Waals surface area contributed by atoms with E-state index in [0.717, 1.165) is 11.6 Å². The predicted octanol–water partition coefficient (Wildman–Crippen LogP) is 5.26. The van der Waals surface area contributed by atoms with Crippen LogP contribution in [0.15, 0.2) is 54.9 Å². The zero-order chi connectivity index (χ0) is 14.9. The maximum atomic E-state index is 5.86. The fourth-order valence-corrected chi connectivity index (χ4v) is 3.66. The highest BCUT2D eigenvalue weighted by atomic mass is 14.9. The summed E-state index contributed by atoms with van der Waals surface area (Å²) < 4.78 is 2.19. The van der Waals surface area contributed by atoms with Crippen LogP contribution in [0.4, 0.5) is 5.69 Å². The Morgan fingerprint density at radius 1 is 0.818 bits per heavy atom. The first-order valence-electron chi connectivity index (χ1n) is 8.27. The van der Waals surface area contributed by atoms with Gasteiger partial charge in [-0.3, -0.25) is 0 Å². The molecule has 1 aliphatic carbocycles. The molecule has 1 saturated carbocycles. The van der Waals surface area contributed by atoms with Crippen molar-refractivity contribution in [2.75, 3.05) is 5.73 Å². The molecule has 2 aromatic carbocycles. The summed E-state index contributed by atoms with van der Waals surface area (Å²) in [7, 11) is 0. The van der Waals surface area contributed by atoms with E-state index in [2.05, 4.69) is 47.3 Å². The van der Waals surface area contributed by atoms with E-state index >= 15 is 0 Å². The van der Waals surface area contributed by atoms with Crippen LogP contribution in [0.2, 0.25) is 0 Å². The molecule has 0 bridgehead atoms. The highest BCUT2D eigenvalue weighted by molar-refractivity contribution is 5.85. The van der Waals surface area contributed by atoms with Gasteiger partial charge in [0.1, 0.15) is 0 Å². The van der Waals surface area contributed by atoms with E-state index in [1.807, 2.05) is 12.1 Å². The number of hydrogen-bond donors (Lipinski definition) is 1. The molecule has 2 N–H and O–H groups in total. The van der Waals surface area contributed by atoms with Crippen molar-refractivity contribution in [1.82, 2.24) is 4.57 Å². The smallest absolute Gasteiger partial charge is 0.0450 e. The molecule has 2 heteroatoms. The standard InChI is InChI=1S/C20H22N2/c21-19-9-6-17-13-22(14-18(17)12-19)20-10-7-16(8-11-20)15-4-2-1-3-5-15/h6-15H,1-5,21H2. The van der Waals surface area contributed by atoms with Crippen LogP contribution in [0.3, 0.4) is 0 Å². The van der Waals surface area contributed by atoms with E-state index in [1.165, 1.54) is 54.1 Å². The molecule has 0 aliphatic heterocycles. The first-order chi connectivity index (χ1) is 10.8. The Bertz CT molecular complexity index is 777. The second kappa shape index (κ2) is 5.53. The number of nitrogen functional groups attached to an aromatic ring is 1. The first kappa shape index (κ1) is 13.4. The molecule has 1 aromatic heterocycles. The summed E-state index contributed by atoms with van der Waals surface area (Å²) in [5.41, 5.74) is 9.40. The predicted molar refractivity (Wildman–Crippen MR) is 93.5 cm³/mol. The summed E-state index contributed by atoms with van der Waals surface area (Å²) in [6.45, 7) is 0. The van der Waals surface area contributed by atoms with Gasteiger partial charge in [0.15, 0.2) is 0 Å². The van der Waals surface area contributed by atoms with Gasteiger partial charge in [-0.15, -0.1) is 0 Å². The zero-order valence-electron chi connectivity index (χ0n) is 12.8. The molecule has 0 radical (unpaired) electrons. The number of nitrogens with zero attached hydrogens (tertiary/aromatic N) is 1. The van der Waals surface area contributed by atoms with Crippen molar-refractivity contribution in [3.63, 3.8) is 0 Å². The van der Waals surface area contributed by atoms with E-state index in [9.17, 15) is 0 Å². The number of rotatable bonds is 2. The van der Waals surface area contributed by atoms with Crippen molar-refractivity contribution in [3.8, 4) is 5.69 Å². The lowest BCUT2D eigenvalue weighted by Crippen LogP contribution is -2.04. The van der Waals surface area contributed by atoms with E-state index in [-0.39, 0.29) is 0 Å². The monoisotopic (exact) mass is 290 g/mol. The number of benzene rings is 2. The fourth-order valence-electron chi connectivity index (χ4n) is 3.66. The molecule has 0 spiro atoms. The van der Waals surface area contributed by atoms with Crippen LogP contribution in [-0.2, 0) is 0 Å². The van der Waals surface area contributed by atoms with Crippen molar-refractivity contribution in [2.45, 2.75) is 38.0 Å². The molecule has 1 aliphatic rings. The van der Waals surface area contributed by atoms with E-state index < -0.39 is 0 Å². The van der Waals surface area contributed by atoms with Crippen LogP contribution in [0, 0.1) is 0 Å². The Hall–Kier alpha value is -2.22. The molecule has 2 nitrogen and oxygen atoms in total. The molecular formula is C20H22N2. The normalized spacial score (nSPS) is 16.2. The Morgan fingerprint density at radius 3 is 2.32 bits per heavy atom. The summed E-state index contributed by atoms with van der Waals surface area (Å²) in [5, 5.41) is 2.42. The SMILES string of the molecule is Nc1ccc2cn(-c3ccc(C4CCCCC4)cc3)cc2c1. The van der Waals surface area contributed by atoms with E-state index in [0.29, 0.717) is 0 Å². The number of fused-ring (bicyclic) bond motifs is 1. The van der Waals surface area contributed by atoms with Gasteiger partial charge in [0.05, 0.1) is 0 Å². The van der Waals surface area contributed by atoms with Gasteiger partial charge in [0.25, 0.3) is 0 Å². The third kappa shape index (κ3) is 2.50. The third-order valence-corrected chi connectivity index (χ3v) is 4.93. The molecular weight excluding hydrogens is 268 g/mol. The Morgan fingerprint density at radius 2 is 1.55 bits per heavy atom. The number of anilines is 1. The summed E-state index contributed by atoms with van der Waals surface area (Å²) in [5.74, 6) is 0.770. The number of nitrogens with two attached hydrogens (primary N) is 1. The second-order valence-electron chi connectivity index (χ2n) is 6.48. The first-order valence-corrected chi connectivity index (χ1v) is 8.27. The Kier molecular flexibility index (Phi) is 3.38. The lowest BCUT2D eigenvalue weighted by molar-refractivity contribution is 0.443. The van der Waals surface area contributed by atoms with E-state index in [4.69, 9.17) is 5.73 Å². The number of aromatic nitrogens is 1. The minimum atomic E-state index is 0.770. The Labute approximate surface area is 131 Å². The largest absolute Gasteiger partial charge is 0.399 e. The molecule has 3 aromatic rings. The van der Waals surface area contributed by atoms with Crippen LogP contribution in [0.5, 0.6) is 0 Å². The van der Waals surface area contributed by atoms with Gasteiger partial charge in [0, 0.05) is 29.2 Å². The van der Waals surface area contributed by atoms with Crippen LogP contribution in [-0.4, -0.2) is 4.57 Å². The topological polar surface area (TPSA) is 30.9 Å². The zero-order valence-corrected chi connectivity index (χ0v) is 12.8. The third-order valence-electron chi connectivity index (χ3n) is 4.93. The van der Waals surface area contributed by atoms with Crippen molar-refractivity contribution in [1.29, 1.82) is 0 Å². The average molecular weight is 290 g/mol. The lowest BCUT2D eigenvalue weighted by Gasteiger charge is -2.22. The second-order valence-corrected chi connectivity index (χ2v) is 6.48. The molecule has 0 unspecified atom stereocenters. The fraction of sp³-hybridized carbons (Fsp3) is 0.300. The summed E-state index contributed by atoms with van der Waals surface area (Å²) >= 11 is 0. The Balaban J connectivity index is 1.63. The molecule has 1 heterocycles. The van der Waals surface area contributed by atoms with Crippen LogP contribution < -0.4 is 5.73 Å². The quantitative estimate of drug-likeness (QED) is 0.641. The van der Waals surface area contributed by atoms with Gasteiger partial charge in [0.2, 0.25) is 0 Å². The maximum absolute atomic E-state index is 5.86. The molecule has 0 saturated heterocycles. The molecule has 1 fully saturated rings. The van der Waals surface area contributed by atoms with Crippen LogP contribution in [0.1, 0.15) is 43.6 Å². The van der Waals surface area contributed by atoms with Crippen LogP contribution >= 0.6 is 0 Å². The van der Waals surface area contributed by atoms with Gasteiger partial charge < -0.3 is 10.3 Å². The molecule has 112 valence electrons. The highest BCUT2D eigenvalue weighted by Crippen LogP contribution is 2.33. The minimum absolute atomic E-state index is 0.770. The number of hydrogen-bond acceptors (Lipinski definition) is 1. The minimum Gasteiger partial charge on any atom is -0.399 e. The van der Waals surface area contributed by atoms with Gasteiger partial charge in [-0.25, -0.2) is 0 Å².